The Labute approximate surface area is 204 Å². The highest BCUT2D eigenvalue weighted by molar-refractivity contribution is 6.30. The highest BCUT2D eigenvalue weighted by atomic mass is 35.5. The molecule has 184 valence electrons. The SMILES string of the molecule is O=C(c1ccc(F)cc1O[C@@H]1C[C@@H]2CC[C@H](C1F)N2CCF)N1Cc2nn3cc(Cl)cnc3c2C1. The van der Waals surface area contributed by atoms with Crippen molar-refractivity contribution < 1.29 is 22.7 Å². The molecule has 4 atom stereocenters. The molecule has 2 fully saturated rings. The number of aromatic nitrogens is 3. The molecule has 3 aromatic rings. The molecule has 11 heteroatoms. The lowest BCUT2D eigenvalue weighted by atomic mass is 9.97. The van der Waals surface area contributed by atoms with E-state index in [9.17, 15) is 13.6 Å². The summed E-state index contributed by atoms with van der Waals surface area (Å²) < 4.78 is 50.0. The summed E-state index contributed by atoms with van der Waals surface area (Å²) in [6.45, 7) is 0.204. The monoisotopic (exact) mass is 505 g/mol. The number of amides is 1. The molecule has 0 saturated carbocycles. The van der Waals surface area contributed by atoms with Crippen molar-refractivity contribution in [3.05, 3.63) is 58.3 Å². The van der Waals surface area contributed by atoms with Crippen LogP contribution in [0.5, 0.6) is 5.75 Å². The lowest BCUT2D eigenvalue weighted by molar-refractivity contribution is -0.0246. The number of nitrogens with zero attached hydrogens (tertiary/aromatic N) is 5. The first-order valence-corrected chi connectivity index (χ1v) is 12.0. The average Bonchev–Trinajstić information content (AvgIpc) is 3.48. The van der Waals surface area contributed by atoms with E-state index < -0.39 is 30.8 Å². The van der Waals surface area contributed by atoms with E-state index in [1.54, 1.807) is 15.6 Å². The molecule has 2 saturated heterocycles. The van der Waals surface area contributed by atoms with Gasteiger partial charge in [0.15, 0.2) is 11.8 Å². The molecule has 0 radical (unpaired) electrons. The summed E-state index contributed by atoms with van der Waals surface area (Å²) >= 11 is 5.99. The summed E-state index contributed by atoms with van der Waals surface area (Å²) in [5.41, 5.74) is 2.31. The number of ether oxygens (including phenoxy) is 1. The first-order valence-electron chi connectivity index (χ1n) is 11.7. The lowest BCUT2D eigenvalue weighted by Gasteiger charge is -2.40. The third kappa shape index (κ3) is 3.83. The fourth-order valence-electron chi connectivity index (χ4n) is 5.74. The number of hydrogen-bond acceptors (Lipinski definition) is 5. The van der Waals surface area contributed by atoms with Gasteiger partial charge in [-0.15, -0.1) is 0 Å². The fourth-order valence-corrected chi connectivity index (χ4v) is 5.88. The second kappa shape index (κ2) is 8.67. The van der Waals surface area contributed by atoms with Gasteiger partial charge in [-0.25, -0.2) is 22.7 Å². The van der Waals surface area contributed by atoms with Crippen LogP contribution in [0.3, 0.4) is 0 Å². The number of benzene rings is 1. The van der Waals surface area contributed by atoms with E-state index in [0.29, 0.717) is 29.2 Å². The summed E-state index contributed by atoms with van der Waals surface area (Å²) in [5, 5.41) is 4.92. The number of hydrogen-bond donors (Lipinski definition) is 0. The van der Waals surface area contributed by atoms with E-state index in [-0.39, 0.29) is 42.9 Å². The topological polar surface area (TPSA) is 63.0 Å². The predicted octanol–water partition coefficient (Wildman–Crippen LogP) is 3.97. The van der Waals surface area contributed by atoms with Crippen molar-refractivity contribution in [2.24, 2.45) is 0 Å². The van der Waals surface area contributed by atoms with Gasteiger partial charge in [0.1, 0.15) is 24.3 Å². The molecule has 5 heterocycles. The molecule has 1 unspecified atom stereocenters. The highest BCUT2D eigenvalue weighted by Crippen LogP contribution is 2.39. The van der Waals surface area contributed by atoms with Crippen LogP contribution in [-0.2, 0) is 13.1 Å². The Balaban J connectivity index is 1.23. The van der Waals surface area contributed by atoms with E-state index in [2.05, 4.69) is 10.1 Å². The zero-order valence-corrected chi connectivity index (χ0v) is 19.5. The first-order chi connectivity index (χ1) is 16.9. The lowest BCUT2D eigenvalue weighted by Crippen LogP contribution is -2.54. The minimum atomic E-state index is -1.35. The molecular formula is C24H23ClF3N5O2. The molecule has 3 aliphatic heterocycles. The Morgan fingerprint density at radius 2 is 2.11 bits per heavy atom. The standard InChI is InChI=1S/C24H23ClF3N5O2/c25-13-9-29-23-17-11-31(12-18(17)30-33(23)10-13)24(34)16-3-1-14(27)7-20(16)35-21-8-15-2-4-19(22(21)28)32(15)6-5-26/h1,3,7,9-10,15,19,21-22H,2,4-6,8,11-12H2/t15-,19+,21+,22?/m0/s1. The Kier molecular flexibility index (Phi) is 5.60. The molecule has 1 aromatic carbocycles. The normalized spacial score (nSPS) is 25.9. The summed E-state index contributed by atoms with van der Waals surface area (Å²) in [6.07, 6.45) is 2.76. The molecule has 2 bridgehead atoms. The maximum Gasteiger partial charge on any atom is 0.258 e. The van der Waals surface area contributed by atoms with Gasteiger partial charge >= 0.3 is 0 Å². The second-order valence-corrected chi connectivity index (χ2v) is 9.77. The summed E-state index contributed by atoms with van der Waals surface area (Å²) in [5.74, 6) is -0.920. The van der Waals surface area contributed by atoms with Crippen LogP contribution in [0.15, 0.2) is 30.6 Å². The number of fused-ring (bicyclic) bond motifs is 5. The average molecular weight is 506 g/mol. The summed E-state index contributed by atoms with van der Waals surface area (Å²) in [7, 11) is 0. The molecule has 1 amide bonds. The van der Waals surface area contributed by atoms with E-state index in [1.165, 1.54) is 18.3 Å². The quantitative estimate of drug-likeness (QED) is 0.525. The largest absolute Gasteiger partial charge is 0.486 e. The minimum absolute atomic E-state index is 0.0182. The third-order valence-electron chi connectivity index (χ3n) is 7.31. The second-order valence-electron chi connectivity index (χ2n) is 9.33. The van der Waals surface area contributed by atoms with Crippen molar-refractivity contribution >= 4 is 23.2 Å². The Hall–Kier alpha value is -2.85. The molecule has 35 heavy (non-hydrogen) atoms. The van der Waals surface area contributed by atoms with Gasteiger partial charge in [0.05, 0.1) is 35.6 Å². The van der Waals surface area contributed by atoms with Crippen LogP contribution in [0.4, 0.5) is 13.2 Å². The molecule has 2 aromatic heterocycles. The third-order valence-corrected chi connectivity index (χ3v) is 7.50. The van der Waals surface area contributed by atoms with Crippen molar-refractivity contribution in [1.82, 2.24) is 24.4 Å². The fraction of sp³-hybridized carbons (Fsp3) is 0.458. The Morgan fingerprint density at radius 1 is 1.26 bits per heavy atom. The van der Waals surface area contributed by atoms with E-state index in [1.807, 2.05) is 4.90 Å². The van der Waals surface area contributed by atoms with Gasteiger partial charge in [-0.1, -0.05) is 11.6 Å². The number of halogens is 4. The van der Waals surface area contributed by atoms with Crippen molar-refractivity contribution in [1.29, 1.82) is 0 Å². The van der Waals surface area contributed by atoms with E-state index >= 15 is 4.39 Å². The summed E-state index contributed by atoms with van der Waals surface area (Å²) in [6, 6.07) is 3.29. The van der Waals surface area contributed by atoms with Gasteiger partial charge in [0, 0.05) is 42.9 Å². The molecule has 0 spiro atoms. The van der Waals surface area contributed by atoms with Gasteiger partial charge in [-0.05, 0) is 25.0 Å². The summed E-state index contributed by atoms with van der Waals surface area (Å²) in [4.78, 5) is 21.2. The van der Waals surface area contributed by atoms with Crippen LogP contribution in [0.2, 0.25) is 5.02 Å². The Morgan fingerprint density at radius 3 is 2.94 bits per heavy atom. The van der Waals surface area contributed by atoms with Crippen LogP contribution in [0.1, 0.15) is 40.9 Å². The van der Waals surface area contributed by atoms with Gasteiger partial charge < -0.3 is 9.64 Å². The van der Waals surface area contributed by atoms with Crippen LogP contribution >= 0.6 is 11.6 Å². The molecule has 0 N–H and O–H groups in total. The number of carbonyl (C=O) groups excluding carboxylic acids is 1. The zero-order chi connectivity index (χ0) is 24.3. The van der Waals surface area contributed by atoms with Gasteiger partial charge in [0.2, 0.25) is 0 Å². The number of rotatable bonds is 5. The van der Waals surface area contributed by atoms with Crippen molar-refractivity contribution in [3.8, 4) is 5.75 Å². The van der Waals surface area contributed by atoms with Crippen LogP contribution in [0.25, 0.3) is 5.65 Å². The molecule has 7 nitrogen and oxygen atoms in total. The van der Waals surface area contributed by atoms with Gasteiger partial charge in [-0.3, -0.25) is 9.69 Å². The maximum atomic E-state index is 15.3. The highest BCUT2D eigenvalue weighted by Gasteiger charge is 2.48. The zero-order valence-electron chi connectivity index (χ0n) is 18.7. The van der Waals surface area contributed by atoms with Crippen LogP contribution in [0, 0.1) is 5.82 Å². The van der Waals surface area contributed by atoms with Crippen LogP contribution < -0.4 is 4.74 Å². The predicted molar refractivity (Wildman–Crippen MR) is 121 cm³/mol. The van der Waals surface area contributed by atoms with E-state index in [4.69, 9.17) is 16.3 Å². The first kappa shape index (κ1) is 22.6. The molecule has 0 aliphatic carbocycles. The molecule has 3 aliphatic rings. The molecule has 6 rings (SSSR count). The molecular weight excluding hydrogens is 483 g/mol. The smallest absolute Gasteiger partial charge is 0.258 e. The van der Waals surface area contributed by atoms with Crippen molar-refractivity contribution in [3.63, 3.8) is 0 Å². The van der Waals surface area contributed by atoms with Crippen LogP contribution in [-0.4, -0.2) is 67.9 Å². The van der Waals surface area contributed by atoms with Crippen molar-refractivity contribution in [2.75, 3.05) is 13.2 Å². The Bertz CT molecular complexity index is 1300. The van der Waals surface area contributed by atoms with Gasteiger partial charge in [0.25, 0.3) is 5.91 Å². The number of piperidine rings is 1. The van der Waals surface area contributed by atoms with E-state index in [0.717, 1.165) is 18.1 Å². The van der Waals surface area contributed by atoms with Gasteiger partial charge in [-0.2, -0.15) is 5.10 Å². The maximum absolute atomic E-state index is 15.3. The van der Waals surface area contributed by atoms with Crippen molar-refractivity contribution in [2.45, 2.75) is 56.7 Å². The minimum Gasteiger partial charge on any atom is -0.486 e. The number of carbonyl (C=O) groups is 1. The number of alkyl halides is 2.